The van der Waals surface area contributed by atoms with Gasteiger partial charge in [-0.15, -0.1) is 0 Å². The van der Waals surface area contributed by atoms with Crippen LogP contribution in [0.1, 0.15) is 31.2 Å². The molecule has 0 aromatic heterocycles. The minimum absolute atomic E-state index is 0.0489. The fraction of sp³-hybridized carbons (Fsp3) is 0.500. The van der Waals surface area contributed by atoms with Crippen LogP contribution in [0.3, 0.4) is 0 Å². The predicted octanol–water partition coefficient (Wildman–Crippen LogP) is 1.07. The molecule has 9 nitrogen and oxygen atoms in total. The van der Waals surface area contributed by atoms with Gasteiger partial charge in [0.05, 0.1) is 11.9 Å². The van der Waals surface area contributed by atoms with Crippen molar-refractivity contribution < 1.29 is 27.5 Å². The molecule has 1 fully saturated rings. The summed E-state index contributed by atoms with van der Waals surface area (Å²) in [7, 11) is -3.74. The number of esters is 1. The highest BCUT2D eigenvalue weighted by Crippen LogP contribution is 2.21. The molecule has 0 aliphatic heterocycles. The van der Waals surface area contributed by atoms with Crippen molar-refractivity contribution in [2.24, 2.45) is 0 Å². The molecular weight excluding hydrogens is 386 g/mol. The van der Waals surface area contributed by atoms with E-state index in [0.29, 0.717) is 11.3 Å². The van der Waals surface area contributed by atoms with E-state index in [1.165, 1.54) is 0 Å². The first-order valence-corrected chi connectivity index (χ1v) is 10.8. The van der Waals surface area contributed by atoms with Gasteiger partial charge < -0.3 is 10.1 Å². The van der Waals surface area contributed by atoms with Gasteiger partial charge in [0.25, 0.3) is 5.91 Å². The molecule has 10 heteroatoms. The number of ether oxygens (including phenoxy) is 1. The fourth-order valence-electron chi connectivity index (χ4n) is 2.99. The smallest absolute Gasteiger partial charge is 0.327 e. The van der Waals surface area contributed by atoms with Gasteiger partial charge in [-0.2, -0.15) is 0 Å². The molecule has 1 aromatic carbocycles. The molecule has 1 saturated carbocycles. The minimum atomic E-state index is -3.74. The second-order valence-electron chi connectivity index (χ2n) is 6.72. The first-order chi connectivity index (χ1) is 13.2. The van der Waals surface area contributed by atoms with Gasteiger partial charge >= 0.3 is 12.0 Å². The Balaban J connectivity index is 1.86. The maximum Gasteiger partial charge on any atom is 0.327 e. The largest absolute Gasteiger partial charge is 0.454 e. The summed E-state index contributed by atoms with van der Waals surface area (Å²) in [4.78, 5) is 35.5. The minimum Gasteiger partial charge on any atom is -0.454 e. The van der Waals surface area contributed by atoms with Crippen LogP contribution >= 0.6 is 0 Å². The number of anilines is 1. The lowest BCUT2D eigenvalue weighted by Crippen LogP contribution is -2.45. The Kier molecular flexibility index (Phi) is 7.38. The van der Waals surface area contributed by atoms with E-state index < -0.39 is 41.1 Å². The quantitative estimate of drug-likeness (QED) is 0.647. The Morgan fingerprint density at radius 3 is 2.43 bits per heavy atom. The topological polar surface area (TPSA) is 122 Å². The van der Waals surface area contributed by atoms with Crippen LogP contribution in [-0.2, 0) is 24.3 Å². The van der Waals surface area contributed by atoms with Crippen molar-refractivity contribution in [2.45, 2.75) is 38.6 Å². The van der Waals surface area contributed by atoms with Gasteiger partial charge in [0.2, 0.25) is 10.0 Å². The molecule has 154 valence electrons. The number of nitrogens with zero attached hydrogens (tertiary/aromatic N) is 1. The number of amides is 3. The number of urea groups is 1. The summed E-state index contributed by atoms with van der Waals surface area (Å²) < 4.78 is 29.8. The van der Waals surface area contributed by atoms with E-state index in [4.69, 9.17) is 4.74 Å². The van der Waals surface area contributed by atoms with Gasteiger partial charge in [0, 0.05) is 6.04 Å². The molecule has 0 atom stereocenters. The number of carbonyl (C=O) groups excluding carboxylic acids is 3. The van der Waals surface area contributed by atoms with E-state index in [9.17, 15) is 22.8 Å². The van der Waals surface area contributed by atoms with Crippen LogP contribution in [0.2, 0.25) is 0 Å². The molecule has 0 heterocycles. The average Bonchev–Trinajstić information content (AvgIpc) is 3.10. The van der Waals surface area contributed by atoms with Crippen molar-refractivity contribution in [3.8, 4) is 0 Å². The monoisotopic (exact) mass is 411 g/mol. The molecule has 2 N–H and O–H groups in total. The van der Waals surface area contributed by atoms with E-state index >= 15 is 0 Å². The van der Waals surface area contributed by atoms with Crippen LogP contribution < -0.4 is 14.9 Å². The second kappa shape index (κ2) is 9.54. The summed E-state index contributed by atoms with van der Waals surface area (Å²) >= 11 is 0. The summed E-state index contributed by atoms with van der Waals surface area (Å²) in [5, 5.41) is 4.77. The van der Waals surface area contributed by atoms with Gasteiger partial charge in [0.15, 0.2) is 6.61 Å². The van der Waals surface area contributed by atoms with Gasteiger partial charge in [-0.1, -0.05) is 31.0 Å². The van der Waals surface area contributed by atoms with Crippen molar-refractivity contribution in [1.29, 1.82) is 0 Å². The van der Waals surface area contributed by atoms with Gasteiger partial charge in [-0.05, 0) is 31.4 Å². The zero-order valence-electron chi connectivity index (χ0n) is 15.9. The van der Waals surface area contributed by atoms with Crippen molar-refractivity contribution >= 4 is 33.6 Å². The maximum absolute atomic E-state index is 12.1. The molecule has 1 aromatic rings. The highest BCUT2D eigenvalue weighted by atomic mass is 32.2. The molecule has 0 radical (unpaired) electrons. The summed E-state index contributed by atoms with van der Waals surface area (Å²) in [5.74, 6) is -1.69. The number of nitrogens with one attached hydrogen (secondary N) is 2. The Bertz CT molecular complexity index is 833. The van der Waals surface area contributed by atoms with E-state index in [0.717, 1.165) is 36.2 Å². The molecule has 1 aliphatic carbocycles. The number of carbonyl (C=O) groups is 3. The van der Waals surface area contributed by atoms with Crippen molar-refractivity contribution in [1.82, 2.24) is 10.6 Å². The summed E-state index contributed by atoms with van der Waals surface area (Å²) in [6.45, 7) is 0.461. The van der Waals surface area contributed by atoms with Gasteiger partial charge in [0.1, 0.15) is 6.54 Å². The fourth-order valence-corrected chi connectivity index (χ4v) is 3.89. The van der Waals surface area contributed by atoms with E-state index in [2.05, 4.69) is 10.6 Å². The Hall–Kier alpha value is -2.62. The number of sulfonamides is 1. The van der Waals surface area contributed by atoms with Crippen LogP contribution in [0.25, 0.3) is 0 Å². The number of imide groups is 1. The summed E-state index contributed by atoms with van der Waals surface area (Å²) in [5.41, 5.74) is 1.02. The SMILES string of the molecule is Cc1ccccc1N(CC(=O)OCC(=O)NC(=O)NC1CCCC1)S(C)(=O)=O. The normalized spacial score (nSPS) is 14.4. The number of hydrogen-bond acceptors (Lipinski definition) is 6. The molecule has 1 aliphatic rings. The molecule has 0 spiro atoms. The van der Waals surface area contributed by atoms with Gasteiger partial charge in [-0.3, -0.25) is 19.2 Å². The zero-order chi connectivity index (χ0) is 20.7. The third-order valence-electron chi connectivity index (χ3n) is 4.36. The zero-order valence-corrected chi connectivity index (χ0v) is 16.8. The molecule has 28 heavy (non-hydrogen) atoms. The highest BCUT2D eigenvalue weighted by Gasteiger charge is 2.24. The molecular formula is C18H25N3O6S. The first kappa shape index (κ1) is 21.7. The number of aryl methyl sites for hydroxylation is 1. The third-order valence-corrected chi connectivity index (χ3v) is 5.49. The average molecular weight is 411 g/mol. The van der Waals surface area contributed by atoms with Crippen molar-refractivity contribution in [3.05, 3.63) is 29.8 Å². The maximum atomic E-state index is 12.1. The molecule has 0 bridgehead atoms. The first-order valence-electron chi connectivity index (χ1n) is 8.96. The Morgan fingerprint density at radius 2 is 1.82 bits per heavy atom. The van der Waals surface area contributed by atoms with Crippen LogP contribution in [0.4, 0.5) is 10.5 Å². The second-order valence-corrected chi connectivity index (χ2v) is 8.63. The Morgan fingerprint density at radius 1 is 1.18 bits per heavy atom. The van der Waals surface area contributed by atoms with Crippen LogP contribution in [-0.4, -0.2) is 51.8 Å². The molecule has 0 unspecified atom stereocenters. The number of rotatable bonds is 7. The van der Waals surface area contributed by atoms with Crippen molar-refractivity contribution in [3.63, 3.8) is 0 Å². The van der Waals surface area contributed by atoms with Crippen molar-refractivity contribution in [2.75, 3.05) is 23.7 Å². The molecule has 2 rings (SSSR count). The molecule has 0 saturated heterocycles. The van der Waals surface area contributed by atoms with Crippen LogP contribution in [0.5, 0.6) is 0 Å². The lowest BCUT2D eigenvalue weighted by atomic mass is 10.2. The predicted molar refractivity (Wildman–Crippen MR) is 103 cm³/mol. The highest BCUT2D eigenvalue weighted by molar-refractivity contribution is 7.92. The van der Waals surface area contributed by atoms with Crippen LogP contribution in [0.15, 0.2) is 24.3 Å². The number of benzene rings is 1. The molecule has 3 amide bonds. The van der Waals surface area contributed by atoms with Crippen LogP contribution in [0, 0.1) is 6.92 Å². The lowest BCUT2D eigenvalue weighted by molar-refractivity contribution is -0.146. The van der Waals surface area contributed by atoms with Gasteiger partial charge in [-0.25, -0.2) is 13.2 Å². The standard InChI is InChI=1S/C18H25N3O6S/c1-13-7-3-6-10-15(13)21(28(2,25)26)11-17(23)27-12-16(22)20-18(24)19-14-8-4-5-9-14/h3,6-7,10,14H,4-5,8-9,11-12H2,1-2H3,(H2,19,20,22,24). The number of para-hydroxylation sites is 1. The number of hydrogen-bond donors (Lipinski definition) is 2. The summed E-state index contributed by atoms with van der Waals surface area (Å²) in [6.07, 6.45) is 4.79. The van der Waals surface area contributed by atoms with E-state index in [-0.39, 0.29) is 6.04 Å². The van der Waals surface area contributed by atoms with E-state index in [1.54, 1.807) is 31.2 Å². The van der Waals surface area contributed by atoms with E-state index in [1.807, 2.05) is 0 Å². The lowest BCUT2D eigenvalue weighted by Gasteiger charge is -2.23. The summed E-state index contributed by atoms with van der Waals surface area (Å²) in [6, 6.07) is 6.11. The third kappa shape index (κ3) is 6.52. The Labute approximate surface area is 164 Å².